The van der Waals surface area contributed by atoms with E-state index in [-0.39, 0.29) is 6.03 Å². The van der Waals surface area contributed by atoms with Crippen molar-refractivity contribution >= 4 is 14.3 Å². The second-order valence-electron chi connectivity index (χ2n) is 3.91. The van der Waals surface area contributed by atoms with Crippen LogP contribution in [0.25, 0.3) is 0 Å². The first-order chi connectivity index (χ1) is 5.02. The molecule has 0 aliphatic carbocycles. The van der Waals surface area contributed by atoms with Crippen LogP contribution in [0.5, 0.6) is 0 Å². The second-order valence-corrected chi connectivity index (χ2v) is 8.79. The highest BCUT2D eigenvalue weighted by atomic mass is 28.3. The largest absolute Gasteiger partial charge is 0.353 e. The highest BCUT2D eigenvalue weighted by Gasteiger charge is 2.29. The van der Waals surface area contributed by atoms with E-state index in [2.05, 4.69) is 25.0 Å². The van der Waals surface area contributed by atoms with Crippen LogP contribution in [0.15, 0.2) is 0 Å². The Kier molecular flexibility index (Phi) is 2.22. The Morgan fingerprint density at radius 2 is 2.09 bits per heavy atom. The summed E-state index contributed by atoms with van der Waals surface area (Å²) >= 11 is 0. The van der Waals surface area contributed by atoms with Crippen molar-refractivity contribution in [1.82, 2.24) is 9.88 Å². The van der Waals surface area contributed by atoms with E-state index < -0.39 is 8.24 Å². The number of hydrogen-bond acceptors (Lipinski definition) is 1. The van der Waals surface area contributed by atoms with Gasteiger partial charge >= 0.3 is 6.03 Å². The Labute approximate surface area is 68.9 Å². The lowest BCUT2D eigenvalue weighted by atomic mass is 10.4. The van der Waals surface area contributed by atoms with Gasteiger partial charge in [-0.1, -0.05) is 19.6 Å². The summed E-state index contributed by atoms with van der Waals surface area (Å²) in [6.45, 7) is 8.37. The van der Waals surface area contributed by atoms with Crippen LogP contribution < -0.4 is 5.32 Å². The van der Waals surface area contributed by atoms with Crippen LogP contribution in [0, 0.1) is 0 Å². The van der Waals surface area contributed by atoms with Crippen molar-refractivity contribution in [2.75, 3.05) is 13.1 Å². The maximum Gasteiger partial charge on any atom is 0.309 e. The number of hydrogen-bond donors (Lipinski definition) is 1. The fourth-order valence-corrected chi connectivity index (χ4v) is 2.79. The van der Waals surface area contributed by atoms with E-state index in [4.69, 9.17) is 0 Å². The third-order valence-corrected chi connectivity index (χ3v) is 3.94. The molecule has 0 saturated carbocycles. The standard InChI is InChI=1S/C7H16N2OSi/c1-11(2,3)9-6-4-5-8-7(9)10/h4-6H2,1-3H3,(H,8,10). The summed E-state index contributed by atoms with van der Waals surface area (Å²) in [4.78, 5) is 11.3. The van der Waals surface area contributed by atoms with Gasteiger partial charge in [-0.25, -0.2) is 4.79 Å². The van der Waals surface area contributed by atoms with Gasteiger partial charge in [0, 0.05) is 13.1 Å². The Hall–Kier alpha value is -0.513. The molecule has 0 radical (unpaired) electrons. The van der Waals surface area contributed by atoms with Crippen LogP contribution in [0.4, 0.5) is 4.79 Å². The molecule has 1 rings (SSSR count). The Balaban J connectivity index is 2.62. The molecule has 0 aromatic heterocycles. The lowest BCUT2D eigenvalue weighted by Crippen LogP contribution is -2.57. The highest BCUT2D eigenvalue weighted by molar-refractivity contribution is 6.75. The fourth-order valence-electron chi connectivity index (χ4n) is 1.27. The monoisotopic (exact) mass is 172 g/mol. The van der Waals surface area contributed by atoms with Crippen molar-refractivity contribution in [3.63, 3.8) is 0 Å². The summed E-state index contributed by atoms with van der Waals surface area (Å²) in [5, 5.41) is 2.86. The first kappa shape index (κ1) is 8.58. The van der Waals surface area contributed by atoms with Crippen LogP contribution in [-0.2, 0) is 0 Å². The summed E-state index contributed by atoms with van der Waals surface area (Å²) in [5.74, 6) is 0. The summed E-state index contributed by atoms with van der Waals surface area (Å²) in [6, 6.07) is 0.135. The molecular weight excluding hydrogens is 156 g/mol. The summed E-state index contributed by atoms with van der Waals surface area (Å²) in [6.07, 6.45) is 1.09. The maximum atomic E-state index is 11.3. The Bertz CT molecular complexity index is 164. The molecule has 0 aromatic rings. The zero-order chi connectivity index (χ0) is 8.48. The number of nitrogens with one attached hydrogen (secondary N) is 1. The fraction of sp³-hybridized carbons (Fsp3) is 0.857. The number of nitrogens with zero attached hydrogens (tertiary/aromatic N) is 1. The first-order valence-corrected chi connectivity index (χ1v) is 7.52. The topological polar surface area (TPSA) is 32.3 Å². The molecule has 1 fully saturated rings. The average Bonchev–Trinajstić information content (AvgIpc) is 1.86. The second kappa shape index (κ2) is 2.85. The minimum atomic E-state index is -1.40. The van der Waals surface area contributed by atoms with E-state index in [9.17, 15) is 4.79 Å². The van der Waals surface area contributed by atoms with Crippen molar-refractivity contribution < 1.29 is 4.79 Å². The quantitative estimate of drug-likeness (QED) is 0.593. The van der Waals surface area contributed by atoms with E-state index in [1.54, 1.807) is 0 Å². The van der Waals surface area contributed by atoms with Gasteiger partial charge in [-0.15, -0.1) is 0 Å². The molecule has 1 aliphatic rings. The van der Waals surface area contributed by atoms with Gasteiger partial charge in [-0.05, 0) is 6.42 Å². The molecule has 1 heterocycles. The molecule has 1 N–H and O–H groups in total. The normalized spacial score (nSPS) is 19.9. The van der Waals surface area contributed by atoms with Crippen molar-refractivity contribution in [2.24, 2.45) is 0 Å². The van der Waals surface area contributed by atoms with Gasteiger partial charge in [0.1, 0.15) is 0 Å². The van der Waals surface area contributed by atoms with Gasteiger partial charge < -0.3 is 9.88 Å². The van der Waals surface area contributed by atoms with Gasteiger partial charge in [0.15, 0.2) is 8.24 Å². The molecule has 2 amide bonds. The Morgan fingerprint density at radius 1 is 1.45 bits per heavy atom. The van der Waals surface area contributed by atoms with Gasteiger partial charge in [0.25, 0.3) is 0 Å². The zero-order valence-electron chi connectivity index (χ0n) is 7.48. The lowest BCUT2D eigenvalue weighted by molar-refractivity contribution is 0.213. The van der Waals surface area contributed by atoms with E-state index >= 15 is 0 Å². The molecule has 0 atom stereocenters. The SMILES string of the molecule is C[Si](C)(C)N1CCCNC1=O. The molecule has 64 valence electrons. The molecule has 0 spiro atoms. The first-order valence-electron chi connectivity index (χ1n) is 4.07. The lowest BCUT2D eigenvalue weighted by Gasteiger charge is -2.37. The Morgan fingerprint density at radius 3 is 2.45 bits per heavy atom. The van der Waals surface area contributed by atoms with E-state index in [1.165, 1.54) is 0 Å². The van der Waals surface area contributed by atoms with Gasteiger partial charge in [0.2, 0.25) is 0 Å². The maximum absolute atomic E-state index is 11.3. The van der Waals surface area contributed by atoms with E-state index in [0.29, 0.717) is 0 Å². The van der Waals surface area contributed by atoms with Crippen LogP contribution >= 0.6 is 0 Å². The zero-order valence-corrected chi connectivity index (χ0v) is 8.48. The minimum Gasteiger partial charge on any atom is -0.353 e. The van der Waals surface area contributed by atoms with E-state index in [0.717, 1.165) is 19.5 Å². The highest BCUT2D eigenvalue weighted by Crippen LogP contribution is 2.12. The van der Waals surface area contributed by atoms with Crippen LogP contribution in [-0.4, -0.2) is 31.9 Å². The third kappa shape index (κ3) is 1.96. The van der Waals surface area contributed by atoms with Crippen LogP contribution in [0.3, 0.4) is 0 Å². The van der Waals surface area contributed by atoms with Gasteiger partial charge in [-0.2, -0.15) is 0 Å². The number of amides is 2. The molecule has 11 heavy (non-hydrogen) atoms. The van der Waals surface area contributed by atoms with Crippen molar-refractivity contribution in [1.29, 1.82) is 0 Å². The van der Waals surface area contributed by atoms with E-state index in [1.807, 2.05) is 4.57 Å². The third-order valence-electron chi connectivity index (χ3n) is 1.89. The summed E-state index contributed by atoms with van der Waals surface area (Å²) in [5.41, 5.74) is 0. The summed E-state index contributed by atoms with van der Waals surface area (Å²) in [7, 11) is -1.40. The van der Waals surface area contributed by atoms with Gasteiger partial charge in [-0.3, -0.25) is 0 Å². The number of rotatable bonds is 1. The molecular formula is C7H16N2OSi. The van der Waals surface area contributed by atoms with Crippen molar-refractivity contribution in [3.05, 3.63) is 0 Å². The number of urea groups is 1. The summed E-state index contributed by atoms with van der Waals surface area (Å²) < 4.78 is 2.01. The van der Waals surface area contributed by atoms with Crippen LogP contribution in [0.2, 0.25) is 19.6 Å². The molecule has 0 bridgehead atoms. The number of carbonyl (C=O) groups excluding carboxylic acids is 1. The average molecular weight is 172 g/mol. The van der Waals surface area contributed by atoms with Crippen molar-refractivity contribution in [3.8, 4) is 0 Å². The molecule has 3 nitrogen and oxygen atoms in total. The smallest absolute Gasteiger partial charge is 0.309 e. The predicted octanol–water partition coefficient (Wildman–Crippen LogP) is 1.24. The van der Waals surface area contributed by atoms with Crippen molar-refractivity contribution in [2.45, 2.75) is 26.1 Å². The van der Waals surface area contributed by atoms with Crippen LogP contribution in [0.1, 0.15) is 6.42 Å². The predicted molar refractivity (Wildman–Crippen MR) is 48.1 cm³/mol. The molecule has 4 heteroatoms. The molecule has 0 unspecified atom stereocenters. The number of carbonyl (C=O) groups is 1. The molecule has 1 saturated heterocycles. The molecule has 0 aromatic carbocycles. The van der Waals surface area contributed by atoms with Gasteiger partial charge in [0.05, 0.1) is 0 Å². The molecule has 1 aliphatic heterocycles. The minimum absolute atomic E-state index is 0.135.